The van der Waals surface area contributed by atoms with E-state index in [1.165, 1.54) is 6.92 Å². The highest BCUT2D eigenvalue weighted by atomic mass is 79.9. The molecule has 1 unspecified atom stereocenters. The molecule has 0 spiro atoms. The molecular formula is C13H13BrNO3+. The molecule has 5 heteroatoms. The summed E-state index contributed by atoms with van der Waals surface area (Å²) < 4.78 is 6.80. The summed E-state index contributed by atoms with van der Waals surface area (Å²) in [6, 6.07) is 7.63. The third-order valence-electron chi connectivity index (χ3n) is 2.66. The molecule has 0 amide bonds. The van der Waals surface area contributed by atoms with E-state index in [1.807, 2.05) is 24.3 Å². The third-order valence-corrected chi connectivity index (χ3v) is 3.49. The van der Waals surface area contributed by atoms with E-state index in [-0.39, 0.29) is 5.97 Å². The molecule has 2 aromatic rings. The molecule has 0 saturated carbocycles. The Labute approximate surface area is 113 Å². The van der Waals surface area contributed by atoms with Crippen LogP contribution in [0.2, 0.25) is 0 Å². The van der Waals surface area contributed by atoms with Gasteiger partial charge in [-0.2, -0.15) is 0 Å². The zero-order chi connectivity index (χ0) is 13.3. The quantitative estimate of drug-likeness (QED) is 0.527. The number of esters is 1. The second-order valence-corrected chi connectivity index (χ2v) is 4.80. The lowest BCUT2D eigenvalue weighted by atomic mass is 10.1. The van der Waals surface area contributed by atoms with Crippen molar-refractivity contribution in [3.63, 3.8) is 0 Å². The van der Waals surface area contributed by atoms with Gasteiger partial charge in [0.25, 0.3) is 5.69 Å². The highest BCUT2D eigenvalue weighted by Gasteiger charge is 2.27. The van der Waals surface area contributed by atoms with E-state index in [0.717, 1.165) is 20.0 Å². The summed E-state index contributed by atoms with van der Waals surface area (Å²) in [6.07, 6.45) is 1.06. The van der Waals surface area contributed by atoms with Gasteiger partial charge in [-0.15, -0.1) is 0 Å². The van der Waals surface area contributed by atoms with E-state index in [4.69, 9.17) is 4.74 Å². The van der Waals surface area contributed by atoms with Crippen molar-refractivity contribution in [2.75, 3.05) is 0 Å². The average molecular weight is 311 g/mol. The van der Waals surface area contributed by atoms with Gasteiger partial charge in [-0.05, 0) is 28.9 Å². The molecule has 4 nitrogen and oxygen atoms in total. The van der Waals surface area contributed by atoms with Crippen LogP contribution in [0.15, 0.2) is 34.9 Å². The van der Waals surface area contributed by atoms with Crippen LogP contribution in [0.1, 0.15) is 25.6 Å². The lowest BCUT2D eigenvalue weighted by Gasteiger charge is -2.10. The van der Waals surface area contributed by atoms with Crippen molar-refractivity contribution < 1.29 is 19.5 Å². The van der Waals surface area contributed by atoms with E-state index in [0.29, 0.717) is 5.69 Å². The van der Waals surface area contributed by atoms with Crippen LogP contribution in [0.25, 0.3) is 10.8 Å². The molecule has 94 valence electrons. The van der Waals surface area contributed by atoms with E-state index in [1.54, 1.807) is 13.1 Å². The van der Waals surface area contributed by atoms with Gasteiger partial charge < -0.3 is 4.74 Å². The first-order valence-electron chi connectivity index (χ1n) is 5.50. The number of fused-ring (bicyclic) bond motifs is 1. The Morgan fingerprint density at radius 3 is 2.78 bits per heavy atom. The molecule has 1 N–H and O–H groups in total. The minimum absolute atomic E-state index is 0.387. The van der Waals surface area contributed by atoms with Crippen LogP contribution in [0, 0.1) is 0 Å². The smallest absolute Gasteiger partial charge is 0.303 e. The highest BCUT2D eigenvalue weighted by Crippen LogP contribution is 2.29. The number of pyridine rings is 1. The van der Waals surface area contributed by atoms with E-state index in [9.17, 15) is 10.0 Å². The molecule has 0 radical (unpaired) electrons. The molecule has 2 rings (SSSR count). The first-order chi connectivity index (χ1) is 8.50. The Bertz CT molecular complexity index is 612. The summed E-state index contributed by atoms with van der Waals surface area (Å²) in [5.74, 6) is -0.387. The summed E-state index contributed by atoms with van der Waals surface area (Å²) in [6.45, 7) is 3.05. The van der Waals surface area contributed by atoms with Gasteiger partial charge in [-0.25, -0.2) is 0 Å². The predicted octanol–water partition coefficient (Wildman–Crippen LogP) is 2.75. The first kappa shape index (κ1) is 12.8. The summed E-state index contributed by atoms with van der Waals surface area (Å²) in [5, 5.41) is 11.8. The van der Waals surface area contributed by atoms with Gasteiger partial charge in [-0.1, -0.05) is 18.2 Å². The number of nitrogens with zero attached hydrogens (tertiary/aromatic N) is 1. The predicted molar refractivity (Wildman–Crippen MR) is 69.2 cm³/mol. The Kier molecular flexibility index (Phi) is 3.52. The van der Waals surface area contributed by atoms with Gasteiger partial charge in [0.05, 0.1) is 5.39 Å². The van der Waals surface area contributed by atoms with Crippen molar-refractivity contribution in [2.45, 2.75) is 20.0 Å². The molecule has 0 bridgehead atoms. The lowest BCUT2D eigenvalue weighted by Crippen LogP contribution is -2.37. The van der Waals surface area contributed by atoms with Crippen molar-refractivity contribution >= 4 is 32.7 Å². The highest BCUT2D eigenvalue weighted by molar-refractivity contribution is 9.10. The van der Waals surface area contributed by atoms with Gasteiger partial charge in [0.15, 0.2) is 6.10 Å². The molecule has 18 heavy (non-hydrogen) atoms. The summed E-state index contributed by atoms with van der Waals surface area (Å²) in [7, 11) is 0. The van der Waals surface area contributed by atoms with E-state index >= 15 is 0 Å². The van der Waals surface area contributed by atoms with Crippen LogP contribution in [-0.2, 0) is 9.53 Å². The van der Waals surface area contributed by atoms with Gasteiger partial charge in [0.1, 0.15) is 4.47 Å². The number of carbonyl (C=O) groups is 1. The molecule has 1 aromatic heterocycles. The van der Waals surface area contributed by atoms with Crippen LogP contribution in [-0.4, -0.2) is 11.2 Å². The van der Waals surface area contributed by atoms with Gasteiger partial charge >= 0.3 is 5.97 Å². The van der Waals surface area contributed by atoms with E-state index in [2.05, 4.69) is 15.9 Å². The summed E-state index contributed by atoms with van der Waals surface area (Å²) >= 11 is 3.45. The maximum absolute atomic E-state index is 11.0. The van der Waals surface area contributed by atoms with Crippen molar-refractivity contribution in [3.05, 3.63) is 40.6 Å². The number of aromatic nitrogens is 1. The second kappa shape index (κ2) is 4.94. The Balaban J connectivity index is 2.60. The minimum Gasteiger partial charge on any atom is -0.451 e. The average Bonchev–Trinajstić information content (AvgIpc) is 2.27. The Hall–Kier alpha value is -1.62. The van der Waals surface area contributed by atoms with Crippen LogP contribution in [0.3, 0.4) is 0 Å². The molecular weight excluding hydrogens is 298 g/mol. The van der Waals surface area contributed by atoms with Crippen molar-refractivity contribution in [3.8, 4) is 0 Å². The number of rotatable bonds is 2. The fraction of sp³-hybridized carbons (Fsp3) is 0.231. The molecule has 0 aliphatic rings. The molecule has 0 saturated heterocycles. The molecule has 0 aliphatic carbocycles. The largest absolute Gasteiger partial charge is 0.451 e. The fourth-order valence-corrected chi connectivity index (χ4v) is 2.78. The Morgan fingerprint density at radius 1 is 1.44 bits per heavy atom. The van der Waals surface area contributed by atoms with Gasteiger partial charge in [0.2, 0.25) is 6.20 Å². The van der Waals surface area contributed by atoms with Gasteiger partial charge in [0, 0.05) is 17.0 Å². The number of hydrogen-bond acceptors (Lipinski definition) is 3. The van der Waals surface area contributed by atoms with Crippen molar-refractivity contribution in [1.29, 1.82) is 0 Å². The normalized spacial score (nSPS) is 12.4. The maximum atomic E-state index is 11.0. The second-order valence-electron chi connectivity index (χ2n) is 4.01. The molecule has 1 atom stereocenters. The third kappa shape index (κ3) is 2.31. The number of ether oxygens (including phenoxy) is 1. The van der Waals surface area contributed by atoms with Crippen molar-refractivity contribution in [2.24, 2.45) is 0 Å². The first-order valence-corrected chi connectivity index (χ1v) is 6.29. The van der Waals surface area contributed by atoms with Gasteiger partial charge in [-0.3, -0.25) is 10.0 Å². The maximum Gasteiger partial charge on any atom is 0.303 e. The summed E-state index contributed by atoms with van der Waals surface area (Å²) in [5.41, 5.74) is 0.504. The van der Waals surface area contributed by atoms with Crippen LogP contribution >= 0.6 is 15.9 Å². The SMILES string of the molecule is CC(=O)OC(C)c1c(Br)c2ccccc2c[n+]1O. The van der Waals surface area contributed by atoms with Crippen LogP contribution < -0.4 is 4.73 Å². The fourth-order valence-electron chi connectivity index (χ4n) is 1.92. The lowest BCUT2D eigenvalue weighted by molar-refractivity contribution is -0.910. The standard InChI is InChI=1S/C13H13BrNO3/c1-8(18-9(2)16)13-12(14)11-6-4-3-5-10(11)7-15(13)17/h3-8,17H,1-2H3/q+1. The van der Waals surface area contributed by atoms with Crippen LogP contribution in [0.4, 0.5) is 0 Å². The minimum atomic E-state index is -0.536. The number of halogens is 1. The molecule has 1 aromatic carbocycles. The number of benzene rings is 1. The monoisotopic (exact) mass is 310 g/mol. The topological polar surface area (TPSA) is 50.4 Å². The summed E-state index contributed by atoms with van der Waals surface area (Å²) in [4.78, 5) is 11.0. The van der Waals surface area contributed by atoms with Crippen LogP contribution in [0.5, 0.6) is 0 Å². The van der Waals surface area contributed by atoms with Crippen molar-refractivity contribution in [1.82, 2.24) is 0 Å². The Morgan fingerprint density at radius 2 is 2.11 bits per heavy atom. The zero-order valence-corrected chi connectivity index (χ0v) is 11.6. The number of carbonyl (C=O) groups excluding carboxylic acids is 1. The molecule has 0 aliphatic heterocycles. The molecule has 1 heterocycles. The number of hydrogen-bond donors (Lipinski definition) is 1. The van der Waals surface area contributed by atoms with E-state index < -0.39 is 6.10 Å². The molecule has 0 fully saturated rings. The zero-order valence-electron chi connectivity index (χ0n) is 10.1.